The third kappa shape index (κ3) is 3.61. The van der Waals surface area contributed by atoms with Crippen LogP contribution in [0.3, 0.4) is 0 Å². The number of carbonyl (C=O) groups excluding carboxylic acids is 1. The Labute approximate surface area is 174 Å². The van der Waals surface area contributed by atoms with Gasteiger partial charge in [0.15, 0.2) is 0 Å². The van der Waals surface area contributed by atoms with E-state index in [2.05, 4.69) is 15.4 Å². The van der Waals surface area contributed by atoms with Crippen molar-refractivity contribution in [3.05, 3.63) is 90.3 Å². The van der Waals surface area contributed by atoms with Crippen LogP contribution in [0.25, 0.3) is 11.4 Å². The highest BCUT2D eigenvalue weighted by Crippen LogP contribution is 2.39. The summed E-state index contributed by atoms with van der Waals surface area (Å²) < 4.78 is 3.45. The lowest BCUT2D eigenvalue weighted by atomic mass is 10.1. The number of nitrogens with one attached hydrogen (secondary N) is 1. The topological polar surface area (TPSA) is 77.6 Å². The minimum Gasteiger partial charge on any atom is -0.344 e. The lowest BCUT2D eigenvalue weighted by Gasteiger charge is -2.15. The van der Waals surface area contributed by atoms with E-state index in [9.17, 15) is 4.79 Å². The number of amides is 1. The number of benzene rings is 2. The van der Waals surface area contributed by atoms with Gasteiger partial charge in [-0.25, -0.2) is 14.3 Å². The second kappa shape index (κ2) is 7.59. The van der Waals surface area contributed by atoms with Crippen molar-refractivity contribution in [2.24, 2.45) is 0 Å². The molecule has 1 aliphatic rings. The summed E-state index contributed by atoms with van der Waals surface area (Å²) in [5.74, 6) is 0.342. The summed E-state index contributed by atoms with van der Waals surface area (Å²) in [7, 11) is 0. The van der Waals surface area contributed by atoms with E-state index in [4.69, 9.17) is 5.10 Å². The van der Waals surface area contributed by atoms with Crippen molar-refractivity contribution in [2.75, 3.05) is 0 Å². The molecule has 2 aromatic carbocycles. The van der Waals surface area contributed by atoms with Crippen LogP contribution in [0.5, 0.6) is 0 Å². The molecule has 4 aromatic rings. The largest absolute Gasteiger partial charge is 0.344 e. The number of rotatable bonds is 6. The average Bonchev–Trinajstić information content (AvgIpc) is 3.30. The van der Waals surface area contributed by atoms with Gasteiger partial charge in [0.05, 0.1) is 23.1 Å². The number of hydrogen-bond acceptors (Lipinski definition) is 4. The molecule has 1 N–H and O–H groups in total. The van der Waals surface area contributed by atoms with Gasteiger partial charge in [-0.2, -0.15) is 10.2 Å². The molecule has 1 saturated carbocycles. The maximum absolute atomic E-state index is 13.1. The van der Waals surface area contributed by atoms with Gasteiger partial charge in [0.2, 0.25) is 0 Å². The van der Waals surface area contributed by atoms with Crippen LogP contribution in [-0.4, -0.2) is 30.5 Å². The molecular formula is C23H22N6O. The van der Waals surface area contributed by atoms with E-state index in [1.807, 2.05) is 67.6 Å². The third-order valence-electron chi connectivity index (χ3n) is 5.38. The Morgan fingerprint density at radius 3 is 2.50 bits per heavy atom. The average molecular weight is 398 g/mol. The van der Waals surface area contributed by atoms with E-state index in [1.165, 1.54) is 6.33 Å². The molecule has 0 saturated heterocycles. The Hall–Kier alpha value is -3.74. The molecule has 1 amide bonds. The van der Waals surface area contributed by atoms with Gasteiger partial charge in [0, 0.05) is 5.92 Å². The first-order valence-electron chi connectivity index (χ1n) is 10.1. The number of carbonyl (C=O) groups is 1. The second-order valence-corrected chi connectivity index (χ2v) is 7.60. The first-order valence-corrected chi connectivity index (χ1v) is 10.1. The minimum atomic E-state index is -0.147. The molecule has 0 aliphatic heterocycles. The highest BCUT2D eigenvalue weighted by atomic mass is 16.2. The molecule has 1 atom stereocenters. The van der Waals surface area contributed by atoms with Gasteiger partial charge in [-0.1, -0.05) is 30.3 Å². The van der Waals surface area contributed by atoms with Crippen molar-refractivity contribution in [1.29, 1.82) is 0 Å². The monoisotopic (exact) mass is 398 g/mol. The molecular weight excluding hydrogens is 376 g/mol. The maximum atomic E-state index is 13.1. The minimum absolute atomic E-state index is 0.133. The van der Waals surface area contributed by atoms with Gasteiger partial charge in [0.25, 0.3) is 5.91 Å². The number of nitrogens with zero attached hydrogens (tertiary/aromatic N) is 5. The van der Waals surface area contributed by atoms with Crippen LogP contribution in [0, 0.1) is 0 Å². The fourth-order valence-corrected chi connectivity index (χ4v) is 3.52. The van der Waals surface area contributed by atoms with Crippen LogP contribution in [0.15, 0.2) is 73.3 Å². The lowest BCUT2D eigenvalue weighted by molar-refractivity contribution is 0.0932. The molecule has 0 bridgehead atoms. The standard InChI is InChI=1S/C23H22N6O/c1-16(17-9-11-19(12-10-17)28-15-24-14-25-28)26-23(30)22-13-21(18-7-8-18)27-29(22)20-5-3-2-4-6-20/h2-6,9-16,18H,7-8H2,1H3,(H,26,30)/t16-/m0/s1. The first-order chi connectivity index (χ1) is 14.7. The molecule has 7 heteroatoms. The quantitative estimate of drug-likeness (QED) is 0.536. The maximum Gasteiger partial charge on any atom is 0.270 e. The summed E-state index contributed by atoms with van der Waals surface area (Å²) in [6.07, 6.45) is 5.44. The summed E-state index contributed by atoms with van der Waals surface area (Å²) >= 11 is 0. The number of para-hydroxylation sites is 1. The van der Waals surface area contributed by atoms with E-state index >= 15 is 0 Å². The molecule has 0 spiro atoms. The van der Waals surface area contributed by atoms with Gasteiger partial charge in [-0.15, -0.1) is 0 Å². The van der Waals surface area contributed by atoms with Gasteiger partial charge < -0.3 is 5.32 Å². The third-order valence-corrected chi connectivity index (χ3v) is 5.38. The second-order valence-electron chi connectivity index (χ2n) is 7.60. The fraction of sp³-hybridized carbons (Fsp3) is 0.217. The Kier molecular flexibility index (Phi) is 4.63. The molecule has 1 aliphatic carbocycles. The highest BCUT2D eigenvalue weighted by molar-refractivity contribution is 5.93. The number of hydrogen-bond donors (Lipinski definition) is 1. The van der Waals surface area contributed by atoms with Gasteiger partial charge in [-0.05, 0) is 55.7 Å². The summed E-state index contributed by atoms with van der Waals surface area (Å²) in [6, 6.07) is 19.5. The van der Waals surface area contributed by atoms with Crippen LogP contribution in [-0.2, 0) is 0 Å². The van der Waals surface area contributed by atoms with Crippen LogP contribution in [0.4, 0.5) is 0 Å². The summed E-state index contributed by atoms with van der Waals surface area (Å²) in [4.78, 5) is 17.1. The molecule has 0 unspecified atom stereocenters. The predicted molar refractivity (Wildman–Crippen MR) is 113 cm³/mol. The van der Waals surface area contributed by atoms with Gasteiger partial charge >= 0.3 is 0 Å². The van der Waals surface area contributed by atoms with E-state index in [-0.39, 0.29) is 11.9 Å². The SMILES string of the molecule is C[C@H](NC(=O)c1cc(C2CC2)nn1-c1ccccc1)c1ccc(-n2cncn2)cc1. The lowest BCUT2D eigenvalue weighted by Crippen LogP contribution is -2.28. The predicted octanol–water partition coefficient (Wildman–Crippen LogP) is 3.82. The zero-order valence-electron chi connectivity index (χ0n) is 16.6. The van der Waals surface area contributed by atoms with Crippen LogP contribution in [0.2, 0.25) is 0 Å². The summed E-state index contributed by atoms with van der Waals surface area (Å²) in [6.45, 7) is 1.98. The van der Waals surface area contributed by atoms with Crippen molar-refractivity contribution in [3.63, 3.8) is 0 Å². The zero-order chi connectivity index (χ0) is 20.5. The molecule has 2 heterocycles. The van der Waals surface area contributed by atoms with Crippen molar-refractivity contribution < 1.29 is 4.79 Å². The van der Waals surface area contributed by atoms with E-state index in [0.29, 0.717) is 11.6 Å². The number of aromatic nitrogens is 5. The summed E-state index contributed by atoms with van der Waals surface area (Å²) in [5, 5.41) is 12.0. The van der Waals surface area contributed by atoms with Crippen LogP contribution < -0.4 is 5.32 Å². The van der Waals surface area contributed by atoms with E-state index in [1.54, 1.807) is 15.7 Å². The highest BCUT2D eigenvalue weighted by Gasteiger charge is 2.29. The first kappa shape index (κ1) is 18.3. The molecule has 30 heavy (non-hydrogen) atoms. The summed E-state index contributed by atoms with van der Waals surface area (Å²) in [5.41, 5.74) is 4.38. The molecule has 2 aromatic heterocycles. The molecule has 1 fully saturated rings. The molecule has 150 valence electrons. The Balaban J connectivity index is 1.37. The Bertz CT molecular complexity index is 1140. The van der Waals surface area contributed by atoms with Crippen molar-refractivity contribution in [3.8, 4) is 11.4 Å². The zero-order valence-corrected chi connectivity index (χ0v) is 16.6. The normalized spacial score (nSPS) is 14.4. The van der Waals surface area contributed by atoms with Crippen molar-refractivity contribution >= 4 is 5.91 Å². The fourth-order valence-electron chi connectivity index (χ4n) is 3.52. The van der Waals surface area contributed by atoms with Crippen molar-refractivity contribution in [1.82, 2.24) is 29.9 Å². The van der Waals surface area contributed by atoms with Crippen LogP contribution >= 0.6 is 0 Å². The van der Waals surface area contributed by atoms with Gasteiger partial charge in [-0.3, -0.25) is 4.79 Å². The molecule has 5 rings (SSSR count). The Morgan fingerprint density at radius 2 is 1.83 bits per heavy atom. The molecule has 7 nitrogen and oxygen atoms in total. The van der Waals surface area contributed by atoms with Crippen molar-refractivity contribution in [2.45, 2.75) is 31.7 Å². The van der Waals surface area contributed by atoms with Gasteiger partial charge in [0.1, 0.15) is 18.3 Å². The molecule has 0 radical (unpaired) electrons. The smallest absolute Gasteiger partial charge is 0.270 e. The van der Waals surface area contributed by atoms with E-state index in [0.717, 1.165) is 35.5 Å². The van der Waals surface area contributed by atoms with Crippen LogP contribution in [0.1, 0.15) is 53.5 Å². The Morgan fingerprint density at radius 1 is 1.07 bits per heavy atom. The van der Waals surface area contributed by atoms with E-state index < -0.39 is 0 Å².